The Morgan fingerprint density at radius 2 is 1.86 bits per heavy atom. The zero-order valence-corrected chi connectivity index (χ0v) is 35.2. The predicted molar refractivity (Wildman–Crippen MR) is 227 cm³/mol. The fourth-order valence-corrected chi connectivity index (χ4v) is 10.2. The molecule has 3 amide bonds. The molecule has 2 bridgehead atoms. The molecule has 6 aliphatic rings. The first kappa shape index (κ1) is 41.3. The Morgan fingerprint density at radius 3 is 2.60 bits per heavy atom. The number of halogens is 2. The van der Waals surface area contributed by atoms with Crippen LogP contribution in [0.2, 0.25) is 0 Å². The molecule has 1 saturated carbocycles. The van der Waals surface area contributed by atoms with E-state index in [9.17, 15) is 23.2 Å². The van der Waals surface area contributed by atoms with Gasteiger partial charge >= 0.3 is 0 Å². The summed E-state index contributed by atoms with van der Waals surface area (Å²) in [5.74, 6) is 6.08. The molecule has 0 radical (unpaired) electrons. The summed E-state index contributed by atoms with van der Waals surface area (Å²) in [4.78, 5) is 47.3. The van der Waals surface area contributed by atoms with Gasteiger partial charge in [-0.05, 0) is 75.8 Å². The minimum absolute atomic E-state index is 0.000544. The summed E-state index contributed by atoms with van der Waals surface area (Å²) in [6.45, 7) is 4.56. The number of likely N-dealkylation sites (tertiary alicyclic amines) is 1. The molecule has 1 aromatic carbocycles. The lowest BCUT2D eigenvalue weighted by atomic mass is 9.85. The van der Waals surface area contributed by atoms with Crippen LogP contribution in [-0.2, 0) is 26.1 Å². The SMILES string of the molecule is Cn1nc(C2CCC(=O)NC2=O)c2cccc(C#CCOC3CCN(CC4CCC(n5cc(NC(=O)c6cnn7ccc(N8C[C@@H]9CCC8CO9)nc67)c(C(F)F)n5)CC4)CC3)c21. The van der Waals surface area contributed by atoms with Gasteiger partial charge in [0.05, 0.1) is 65.5 Å². The number of hydrogen-bond donors (Lipinski definition) is 2. The molecule has 4 aromatic heterocycles. The number of carbonyl (C=O) groups is 3. The van der Waals surface area contributed by atoms with Crippen LogP contribution in [0.25, 0.3) is 16.6 Å². The summed E-state index contributed by atoms with van der Waals surface area (Å²) in [6.07, 6.45) is 10.3. The third kappa shape index (κ3) is 8.41. The highest BCUT2D eigenvalue weighted by atomic mass is 19.3. The quantitative estimate of drug-likeness (QED) is 0.141. The Hall–Kier alpha value is -5.77. The normalized spacial score (nSPS) is 24.6. The van der Waals surface area contributed by atoms with Gasteiger partial charge < -0.3 is 24.6 Å². The maximum atomic E-state index is 14.3. The molecule has 6 fully saturated rings. The number of fused-ring (bicyclic) bond motifs is 5. The fraction of sp³-hybridized carbons (Fsp3) is 0.533. The van der Waals surface area contributed by atoms with E-state index in [1.807, 2.05) is 31.3 Å². The fourth-order valence-electron chi connectivity index (χ4n) is 10.2. The third-order valence-corrected chi connectivity index (χ3v) is 13.6. The van der Waals surface area contributed by atoms with E-state index in [0.717, 1.165) is 99.8 Å². The summed E-state index contributed by atoms with van der Waals surface area (Å²) >= 11 is 0. The van der Waals surface area contributed by atoms with Gasteiger partial charge in [-0.25, -0.2) is 18.3 Å². The summed E-state index contributed by atoms with van der Waals surface area (Å²) in [7, 11) is 1.84. The number of morpholine rings is 1. The van der Waals surface area contributed by atoms with Crippen molar-refractivity contribution in [3.05, 3.63) is 65.4 Å². The minimum Gasteiger partial charge on any atom is -0.374 e. The first-order chi connectivity index (χ1) is 30.6. The van der Waals surface area contributed by atoms with Crippen LogP contribution >= 0.6 is 0 Å². The number of hydrogen-bond acceptors (Lipinski definition) is 11. The average molecular weight is 864 g/mol. The standard InChI is InChI=1S/C45H51F2N11O5/c1-54-41-28(4-2-6-33(41)39(52-54)34-13-14-38(59)51-44(34)60)5-3-21-62-31-15-18-55(19-16-31)23-27-7-9-29(10-8-27)58-25-36(40(53-58)42(46)47)49-45(61)35-22-48-57-20-17-37(50-43(35)57)56-24-32-12-11-30(56)26-63-32/h2,4,6,17,20,22,25,27,29-32,34,42H,7-16,18-19,21,23-24,26H2,1H3,(H,49,61)(H,51,59,60)/t27?,29?,30?,32-,34?/m0/s1. The first-order valence-corrected chi connectivity index (χ1v) is 22.2. The van der Waals surface area contributed by atoms with Crippen LogP contribution < -0.4 is 15.5 Å². The summed E-state index contributed by atoms with van der Waals surface area (Å²) in [5.41, 5.74) is 2.45. The van der Waals surface area contributed by atoms with Crippen molar-refractivity contribution in [3.8, 4) is 11.8 Å². The molecule has 5 aliphatic heterocycles. The molecule has 16 nitrogen and oxygen atoms in total. The summed E-state index contributed by atoms with van der Waals surface area (Å²) < 4.78 is 45.6. The molecule has 18 heteroatoms. The molecule has 2 N–H and O–H groups in total. The number of carbonyl (C=O) groups excluding carboxylic acids is 3. The van der Waals surface area contributed by atoms with Crippen LogP contribution in [0.1, 0.15) is 110 Å². The molecule has 2 unspecified atom stereocenters. The van der Waals surface area contributed by atoms with Crippen molar-refractivity contribution in [2.75, 3.05) is 49.6 Å². The number of para-hydroxylation sites is 1. The number of anilines is 2. The number of ether oxygens (including phenoxy) is 2. The highest BCUT2D eigenvalue weighted by Crippen LogP contribution is 2.37. The zero-order valence-electron chi connectivity index (χ0n) is 35.2. The Kier molecular flexibility index (Phi) is 11.4. The van der Waals surface area contributed by atoms with Crippen LogP contribution in [-0.4, -0.2) is 114 Å². The lowest BCUT2D eigenvalue weighted by molar-refractivity contribution is -0.134. The maximum absolute atomic E-state index is 14.3. The van der Waals surface area contributed by atoms with Crippen molar-refractivity contribution in [3.63, 3.8) is 0 Å². The Balaban J connectivity index is 0.696. The minimum atomic E-state index is -2.86. The molecule has 5 aromatic rings. The molecule has 1 aliphatic carbocycles. The number of imide groups is 1. The second-order valence-corrected chi connectivity index (χ2v) is 17.6. The van der Waals surface area contributed by atoms with Gasteiger partial charge in [0.2, 0.25) is 11.8 Å². The van der Waals surface area contributed by atoms with E-state index in [4.69, 9.17) is 14.5 Å². The molecule has 63 heavy (non-hydrogen) atoms. The molecule has 9 heterocycles. The second-order valence-electron chi connectivity index (χ2n) is 17.6. The lowest BCUT2D eigenvalue weighted by Gasteiger charge is -2.45. The number of nitrogens with zero attached hydrogens (tertiary/aromatic N) is 9. The van der Waals surface area contributed by atoms with Crippen molar-refractivity contribution in [1.82, 2.24) is 44.4 Å². The largest absolute Gasteiger partial charge is 0.374 e. The molecular formula is C45H51F2N11O5. The Bertz CT molecular complexity index is 2590. The number of amides is 3. The van der Waals surface area contributed by atoms with Gasteiger partial charge in [0.25, 0.3) is 12.3 Å². The third-order valence-electron chi connectivity index (χ3n) is 13.6. The van der Waals surface area contributed by atoms with Gasteiger partial charge in [-0.15, -0.1) is 0 Å². The monoisotopic (exact) mass is 863 g/mol. The van der Waals surface area contributed by atoms with Gasteiger partial charge in [-0.2, -0.15) is 15.3 Å². The van der Waals surface area contributed by atoms with Crippen LogP contribution in [0, 0.1) is 17.8 Å². The Labute approximate surface area is 362 Å². The molecule has 330 valence electrons. The van der Waals surface area contributed by atoms with Crippen molar-refractivity contribution >= 4 is 45.8 Å². The van der Waals surface area contributed by atoms with E-state index < -0.39 is 23.9 Å². The van der Waals surface area contributed by atoms with E-state index in [-0.39, 0.29) is 47.4 Å². The number of nitrogens with one attached hydrogen (secondary N) is 2. The summed E-state index contributed by atoms with van der Waals surface area (Å²) in [6, 6.07) is 7.87. The molecular weight excluding hydrogens is 813 g/mol. The smallest absolute Gasteiger partial charge is 0.284 e. The van der Waals surface area contributed by atoms with Crippen molar-refractivity contribution in [2.45, 2.75) is 101 Å². The van der Waals surface area contributed by atoms with Gasteiger partial charge in [-0.1, -0.05) is 24.0 Å². The van der Waals surface area contributed by atoms with E-state index >= 15 is 0 Å². The molecule has 0 spiro atoms. The Morgan fingerprint density at radius 1 is 1.03 bits per heavy atom. The number of piperidine rings is 3. The predicted octanol–water partition coefficient (Wildman–Crippen LogP) is 5.15. The average Bonchev–Trinajstić information content (AvgIpc) is 4.02. The van der Waals surface area contributed by atoms with E-state index in [0.29, 0.717) is 43.3 Å². The van der Waals surface area contributed by atoms with Crippen molar-refractivity contribution < 1.29 is 32.6 Å². The summed E-state index contributed by atoms with van der Waals surface area (Å²) in [5, 5.41) is 19.3. The van der Waals surface area contributed by atoms with Crippen molar-refractivity contribution in [2.24, 2.45) is 13.0 Å². The number of aryl methyl sites for hydroxylation is 1. The number of benzene rings is 1. The second kappa shape index (κ2) is 17.4. The number of rotatable bonds is 10. The van der Waals surface area contributed by atoms with E-state index in [1.54, 1.807) is 21.8 Å². The van der Waals surface area contributed by atoms with Crippen LogP contribution in [0.3, 0.4) is 0 Å². The lowest BCUT2D eigenvalue weighted by Crippen LogP contribution is -2.54. The maximum Gasteiger partial charge on any atom is 0.284 e. The van der Waals surface area contributed by atoms with Crippen LogP contribution in [0.4, 0.5) is 20.3 Å². The van der Waals surface area contributed by atoms with E-state index in [1.165, 1.54) is 10.7 Å². The topological polar surface area (TPSA) is 166 Å². The van der Waals surface area contributed by atoms with Gasteiger partial charge in [0.1, 0.15) is 18.0 Å². The molecule has 5 saturated heterocycles. The first-order valence-electron chi connectivity index (χ1n) is 22.2. The zero-order chi connectivity index (χ0) is 43.2. The van der Waals surface area contributed by atoms with E-state index in [2.05, 4.69) is 47.6 Å². The number of alkyl halides is 2. The molecule has 3 atom stereocenters. The van der Waals surface area contributed by atoms with Crippen LogP contribution in [0.15, 0.2) is 42.9 Å². The van der Waals surface area contributed by atoms with Crippen LogP contribution in [0.5, 0.6) is 0 Å². The highest BCUT2D eigenvalue weighted by Gasteiger charge is 2.36. The number of aromatic nitrogens is 7. The van der Waals surface area contributed by atoms with Crippen molar-refractivity contribution in [1.29, 1.82) is 0 Å². The van der Waals surface area contributed by atoms with Gasteiger partial charge in [0.15, 0.2) is 11.3 Å². The van der Waals surface area contributed by atoms with Gasteiger partial charge in [-0.3, -0.25) is 29.1 Å². The van der Waals surface area contributed by atoms with Gasteiger partial charge in [0, 0.05) is 57.4 Å². The molecule has 11 rings (SSSR count). The highest BCUT2D eigenvalue weighted by molar-refractivity contribution is 6.08.